The number of hydrogen-bond acceptors (Lipinski definition) is 5. The number of rotatable bonds is 2. The zero-order chi connectivity index (χ0) is 15.6. The molecule has 1 heterocycles. The Morgan fingerprint density at radius 1 is 1.38 bits per heavy atom. The third kappa shape index (κ3) is 4.13. The summed E-state index contributed by atoms with van der Waals surface area (Å²) in [6.07, 6.45) is -0.567. The molecule has 1 amide bonds. The van der Waals surface area contributed by atoms with Gasteiger partial charge in [0.25, 0.3) is 0 Å². The number of aromatic nitrogens is 1. The summed E-state index contributed by atoms with van der Waals surface area (Å²) >= 11 is 6.14. The van der Waals surface area contributed by atoms with Gasteiger partial charge in [0, 0.05) is 11.6 Å². The predicted molar refractivity (Wildman–Crippen MR) is 81.2 cm³/mol. The number of benzene rings is 1. The third-order valence-corrected chi connectivity index (χ3v) is 2.74. The van der Waals surface area contributed by atoms with E-state index in [0.29, 0.717) is 16.4 Å². The van der Waals surface area contributed by atoms with Crippen LogP contribution in [0.3, 0.4) is 0 Å². The Morgan fingerprint density at radius 2 is 2.10 bits per heavy atom. The molecule has 0 saturated heterocycles. The number of nitrogens with one attached hydrogen (secondary N) is 1. The van der Waals surface area contributed by atoms with Crippen LogP contribution in [-0.2, 0) is 4.74 Å². The van der Waals surface area contributed by atoms with Crippen molar-refractivity contribution in [2.45, 2.75) is 26.4 Å². The van der Waals surface area contributed by atoms with Gasteiger partial charge in [-0.15, -0.1) is 0 Å². The minimum Gasteiger partial charge on any atom is -0.444 e. The van der Waals surface area contributed by atoms with Gasteiger partial charge in [0.05, 0.1) is 10.7 Å². The molecule has 2 aromatic rings. The first-order valence-electron chi connectivity index (χ1n) is 6.27. The summed E-state index contributed by atoms with van der Waals surface area (Å²) in [5, 5.41) is 6.75. The zero-order valence-corrected chi connectivity index (χ0v) is 12.7. The third-order valence-electron chi connectivity index (χ3n) is 2.43. The van der Waals surface area contributed by atoms with Gasteiger partial charge in [-0.05, 0) is 32.9 Å². The van der Waals surface area contributed by atoms with Crippen molar-refractivity contribution in [3.63, 3.8) is 0 Å². The van der Waals surface area contributed by atoms with E-state index in [1.54, 1.807) is 45.0 Å². The van der Waals surface area contributed by atoms with Gasteiger partial charge < -0.3 is 15.0 Å². The normalized spacial score (nSPS) is 11.2. The first-order valence-corrected chi connectivity index (χ1v) is 6.64. The van der Waals surface area contributed by atoms with Gasteiger partial charge in [0.2, 0.25) is 5.88 Å². The molecular formula is C14H16ClN3O3. The Bertz CT molecular complexity index is 662. The molecule has 0 aliphatic carbocycles. The van der Waals surface area contributed by atoms with E-state index in [0.717, 1.165) is 5.56 Å². The van der Waals surface area contributed by atoms with Gasteiger partial charge in [-0.25, -0.2) is 4.79 Å². The van der Waals surface area contributed by atoms with Crippen LogP contribution in [0.1, 0.15) is 20.8 Å². The van der Waals surface area contributed by atoms with Crippen molar-refractivity contribution < 1.29 is 14.1 Å². The number of halogens is 1. The molecule has 7 heteroatoms. The average molecular weight is 310 g/mol. The highest BCUT2D eigenvalue weighted by molar-refractivity contribution is 6.34. The number of hydrogen-bond donors (Lipinski definition) is 2. The fourth-order valence-corrected chi connectivity index (χ4v) is 1.84. The molecule has 0 aliphatic heterocycles. The van der Waals surface area contributed by atoms with Crippen LogP contribution in [0.5, 0.6) is 0 Å². The molecule has 0 fully saturated rings. The number of nitrogen functional groups attached to an aromatic ring is 1. The summed E-state index contributed by atoms with van der Waals surface area (Å²) in [4.78, 5) is 11.7. The number of carbonyl (C=O) groups excluding carboxylic acids is 1. The maximum atomic E-state index is 11.7. The molecule has 0 atom stereocenters. The molecule has 21 heavy (non-hydrogen) atoms. The van der Waals surface area contributed by atoms with E-state index in [-0.39, 0.29) is 5.88 Å². The van der Waals surface area contributed by atoms with Crippen molar-refractivity contribution >= 4 is 29.3 Å². The Kier molecular flexibility index (Phi) is 4.09. The van der Waals surface area contributed by atoms with Crippen LogP contribution in [0, 0.1) is 0 Å². The number of anilines is 2. The van der Waals surface area contributed by atoms with Crippen molar-refractivity contribution in [3.8, 4) is 11.3 Å². The first-order chi connectivity index (χ1) is 9.74. The maximum absolute atomic E-state index is 11.7. The molecule has 0 bridgehead atoms. The molecule has 0 radical (unpaired) electrons. The second-order valence-electron chi connectivity index (χ2n) is 5.44. The van der Waals surface area contributed by atoms with Crippen LogP contribution in [-0.4, -0.2) is 16.9 Å². The van der Waals surface area contributed by atoms with Crippen molar-refractivity contribution in [2.24, 2.45) is 0 Å². The van der Waals surface area contributed by atoms with Gasteiger partial charge >= 0.3 is 6.09 Å². The van der Waals surface area contributed by atoms with Gasteiger partial charge in [0.1, 0.15) is 11.3 Å². The lowest BCUT2D eigenvalue weighted by Gasteiger charge is -2.20. The Balaban J connectivity index is 2.15. The van der Waals surface area contributed by atoms with Gasteiger partial charge in [-0.1, -0.05) is 22.8 Å². The lowest BCUT2D eigenvalue weighted by Crippen LogP contribution is -2.27. The maximum Gasteiger partial charge on any atom is 0.412 e. The minimum atomic E-state index is -0.575. The van der Waals surface area contributed by atoms with Gasteiger partial charge in [-0.3, -0.25) is 5.32 Å². The quantitative estimate of drug-likeness (QED) is 0.877. The van der Waals surface area contributed by atoms with E-state index in [4.69, 9.17) is 26.6 Å². The van der Waals surface area contributed by atoms with E-state index in [9.17, 15) is 4.79 Å². The van der Waals surface area contributed by atoms with Crippen molar-refractivity contribution in [2.75, 3.05) is 11.1 Å². The summed E-state index contributed by atoms with van der Waals surface area (Å²) in [6.45, 7) is 5.35. The number of nitrogens with zero attached hydrogens (tertiary/aromatic N) is 1. The number of amides is 1. The molecule has 0 spiro atoms. The van der Waals surface area contributed by atoms with E-state index in [1.807, 2.05) is 0 Å². The Hall–Kier alpha value is -2.21. The van der Waals surface area contributed by atoms with Gasteiger partial charge in [0.15, 0.2) is 0 Å². The van der Waals surface area contributed by atoms with Crippen LogP contribution in [0.25, 0.3) is 11.3 Å². The SMILES string of the molecule is CC(C)(C)OC(=O)Nc1ccc(-c2cc(N)on2)cc1Cl. The molecule has 112 valence electrons. The standard InChI is InChI=1S/C14H16ClN3O3/c1-14(2,3)20-13(19)17-10-5-4-8(6-9(10)15)11-7-12(16)21-18-11/h4-7H,16H2,1-3H3,(H,17,19). The number of nitrogens with two attached hydrogens (primary N) is 1. The summed E-state index contributed by atoms with van der Waals surface area (Å²) in [5.74, 6) is 0.220. The van der Waals surface area contributed by atoms with E-state index in [1.165, 1.54) is 0 Å². The average Bonchev–Trinajstić information content (AvgIpc) is 2.76. The van der Waals surface area contributed by atoms with Crippen LogP contribution < -0.4 is 11.1 Å². The molecule has 0 saturated carbocycles. The summed E-state index contributed by atoms with van der Waals surface area (Å²) in [5.41, 5.74) is 6.65. The Morgan fingerprint density at radius 3 is 2.62 bits per heavy atom. The molecule has 1 aromatic heterocycles. The molecule has 1 aromatic carbocycles. The largest absolute Gasteiger partial charge is 0.444 e. The predicted octanol–water partition coefficient (Wildman–Crippen LogP) is 3.92. The fraction of sp³-hybridized carbons (Fsp3) is 0.286. The lowest BCUT2D eigenvalue weighted by atomic mass is 10.1. The Labute approximate surface area is 127 Å². The summed E-state index contributed by atoms with van der Waals surface area (Å²) in [7, 11) is 0. The number of ether oxygens (including phenoxy) is 1. The molecule has 2 rings (SSSR count). The molecule has 0 aliphatic rings. The minimum absolute atomic E-state index is 0.220. The molecule has 6 nitrogen and oxygen atoms in total. The van der Waals surface area contributed by atoms with Crippen LogP contribution in [0.15, 0.2) is 28.8 Å². The summed E-state index contributed by atoms with van der Waals surface area (Å²) in [6, 6.07) is 6.65. The highest BCUT2D eigenvalue weighted by Gasteiger charge is 2.17. The number of carbonyl (C=O) groups is 1. The molecule has 0 unspecified atom stereocenters. The van der Waals surface area contributed by atoms with Crippen LogP contribution >= 0.6 is 11.6 Å². The first kappa shape index (κ1) is 15.2. The summed E-state index contributed by atoms with van der Waals surface area (Å²) < 4.78 is 9.97. The fourth-order valence-electron chi connectivity index (χ4n) is 1.61. The molecule has 3 N–H and O–H groups in total. The smallest absolute Gasteiger partial charge is 0.412 e. The lowest BCUT2D eigenvalue weighted by molar-refractivity contribution is 0.0636. The van der Waals surface area contributed by atoms with E-state index >= 15 is 0 Å². The highest BCUT2D eigenvalue weighted by Crippen LogP contribution is 2.29. The second kappa shape index (κ2) is 5.65. The zero-order valence-electron chi connectivity index (χ0n) is 11.9. The van der Waals surface area contributed by atoms with Crippen LogP contribution in [0.2, 0.25) is 5.02 Å². The van der Waals surface area contributed by atoms with Crippen molar-refractivity contribution in [1.29, 1.82) is 0 Å². The van der Waals surface area contributed by atoms with Gasteiger partial charge in [-0.2, -0.15) is 0 Å². The second-order valence-corrected chi connectivity index (χ2v) is 5.84. The topological polar surface area (TPSA) is 90.4 Å². The monoisotopic (exact) mass is 309 g/mol. The van der Waals surface area contributed by atoms with E-state index < -0.39 is 11.7 Å². The van der Waals surface area contributed by atoms with Crippen molar-refractivity contribution in [3.05, 3.63) is 29.3 Å². The van der Waals surface area contributed by atoms with E-state index in [2.05, 4.69) is 10.5 Å². The molecular weight excluding hydrogens is 294 g/mol. The van der Waals surface area contributed by atoms with Crippen LogP contribution in [0.4, 0.5) is 16.4 Å². The highest BCUT2D eigenvalue weighted by atomic mass is 35.5. The van der Waals surface area contributed by atoms with Crippen molar-refractivity contribution in [1.82, 2.24) is 5.16 Å².